The quantitative estimate of drug-likeness (QED) is 0.579. The highest BCUT2D eigenvalue weighted by Gasteiger charge is 2.25. The third-order valence-electron chi connectivity index (χ3n) is 6.03. The van der Waals surface area contributed by atoms with E-state index in [0.717, 1.165) is 54.3 Å². The van der Waals surface area contributed by atoms with E-state index in [4.69, 9.17) is 9.97 Å². The van der Waals surface area contributed by atoms with E-state index in [0.29, 0.717) is 12.5 Å². The first-order valence-electron chi connectivity index (χ1n) is 10.8. The first-order valence-corrected chi connectivity index (χ1v) is 10.8. The van der Waals surface area contributed by atoms with Crippen LogP contribution >= 0.6 is 0 Å². The van der Waals surface area contributed by atoms with Crippen LogP contribution in [0.15, 0.2) is 36.5 Å². The van der Waals surface area contributed by atoms with Crippen LogP contribution in [0.1, 0.15) is 76.5 Å². The molecule has 3 aromatic rings. The van der Waals surface area contributed by atoms with Gasteiger partial charge in [0, 0.05) is 24.7 Å². The highest BCUT2D eigenvalue weighted by molar-refractivity contribution is 5.72. The minimum absolute atomic E-state index is 0. The molecule has 6 nitrogen and oxygen atoms in total. The van der Waals surface area contributed by atoms with Gasteiger partial charge in [-0.2, -0.15) is 0 Å². The molecule has 0 amide bonds. The molecule has 0 spiro atoms. The van der Waals surface area contributed by atoms with Gasteiger partial charge in [0.05, 0.1) is 12.2 Å². The van der Waals surface area contributed by atoms with Gasteiger partial charge < -0.3 is 4.90 Å². The summed E-state index contributed by atoms with van der Waals surface area (Å²) in [7, 11) is 0. The number of rotatable bonds is 4. The summed E-state index contributed by atoms with van der Waals surface area (Å²) >= 11 is 0. The number of aromatic nitrogens is 5. The van der Waals surface area contributed by atoms with Crippen LogP contribution in [0.2, 0.25) is 0 Å². The number of benzene rings is 1. The van der Waals surface area contributed by atoms with E-state index in [1.165, 1.54) is 11.1 Å². The lowest BCUT2D eigenvalue weighted by atomic mass is 9.87. The van der Waals surface area contributed by atoms with Gasteiger partial charge in [-0.05, 0) is 43.2 Å². The second-order valence-corrected chi connectivity index (χ2v) is 9.55. The highest BCUT2D eigenvalue weighted by Crippen LogP contribution is 2.28. The molecule has 0 aliphatic carbocycles. The zero-order valence-electron chi connectivity index (χ0n) is 18.8. The van der Waals surface area contributed by atoms with Crippen LogP contribution in [0.4, 0.5) is 0 Å². The lowest BCUT2D eigenvalue weighted by Gasteiger charge is -2.33. The van der Waals surface area contributed by atoms with Crippen molar-refractivity contribution in [1.82, 2.24) is 29.9 Å². The van der Waals surface area contributed by atoms with Gasteiger partial charge in [0.15, 0.2) is 11.2 Å². The number of hydrogen-bond donors (Lipinski definition) is 0. The molecule has 1 atom stereocenters. The molecule has 3 heterocycles. The Hall–Kier alpha value is -2.76. The van der Waals surface area contributed by atoms with Gasteiger partial charge >= 0.3 is 0 Å². The van der Waals surface area contributed by atoms with E-state index in [2.05, 4.69) is 73.8 Å². The first kappa shape index (κ1) is 22.9. The van der Waals surface area contributed by atoms with Crippen molar-refractivity contribution in [2.75, 3.05) is 13.1 Å². The smallest absolute Gasteiger partial charge is 0.182 e. The summed E-state index contributed by atoms with van der Waals surface area (Å²) in [5.41, 5.74) is 6.30. The van der Waals surface area contributed by atoms with E-state index in [1.807, 2.05) is 11.6 Å². The third-order valence-corrected chi connectivity index (χ3v) is 6.03. The number of piperidine rings is 1. The molecule has 0 radical (unpaired) electrons. The Labute approximate surface area is 186 Å². The van der Waals surface area contributed by atoms with Crippen LogP contribution in [0.25, 0.3) is 11.2 Å². The molecule has 1 fully saturated rings. The summed E-state index contributed by atoms with van der Waals surface area (Å²) in [5.74, 6) is 1.21. The number of fused-ring (bicyclic) bond motifs is 1. The molecule has 1 unspecified atom stereocenters. The minimum atomic E-state index is 0. The summed E-state index contributed by atoms with van der Waals surface area (Å²) < 4.78 is 1.90. The lowest BCUT2D eigenvalue weighted by molar-refractivity contribution is 0.255. The van der Waals surface area contributed by atoms with E-state index in [-0.39, 0.29) is 12.8 Å². The number of allylic oxidation sites excluding steroid dienone is 1. The number of hydrogen-bond acceptors (Lipinski definition) is 5. The van der Waals surface area contributed by atoms with Crippen molar-refractivity contribution in [1.29, 1.82) is 0 Å². The van der Waals surface area contributed by atoms with Crippen LogP contribution in [0.3, 0.4) is 0 Å². The summed E-state index contributed by atoms with van der Waals surface area (Å²) in [5, 5.41) is 8.76. The fourth-order valence-corrected chi connectivity index (χ4v) is 4.12. The lowest BCUT2D eigenvalue weighted by Crippen LogP contribution is -2.33. The molecule has 1 aliphatic heterocycles. The van der Waals surface area contributed by atoms with Crippen LogP contribution in [-0.4, -0.2) is 43.0 Å². The van der Waals surface area contributed by atoms with Crippen molar-refractivity contribution in [3.05, 3.63) is 59.2 Å². The maximum absolute atomic E-state index is 4.94. The molecule has 0 N–H and O–H groups in total. The van der Waals surface area contributed by atoms with E-state index in [9.17, 15) is 0 Å². The number of aryl methyl sites for hydroxylation is 1. The monoisotopic (exact) mass is 420 g/mol. The molecule has 0 bridgehead atoms. The van der Waals surface area contributed by atoms with E-state index >= 15 is 0 Å². The van der Waals surface area contributed by atoms with E-state index in [1.54, 1.807) is 0 Å². The van der Waals surface area contributed by atoms with Crippen LogP contribution < -0.4 is 0 Å². The Kier molecular flexibility index (Phi) is 6.48. The second kappa shape index (κ2) is 8.77. The second-order valence-electron chi connectivity index (χ2n) is 9.55. The topological polar surface area (TPSA) is 59.7 Å². The van der Waals surface area contributed by atoms with Gasteiger partial charge in [0.25, 0.3) is 0 Å². The normalized spacial score (nSPS) is 16.9. The van der Waals surface area contributed by atoms with Crippen LogP contribution in [0.5, 0.6) is 0 Å². The largest absolute Gasteiger partial charge is 0.375 e. The van der Waals surface area contributed by atoms with Crippen molar-refractivity contribution in [2.24, 2.45) is 0 Å². The molecule has 2 aromatic heterocycles. The van der Waals surface area contributed by atoms with Crippen molar-refractivity contribution in [3.63, 3.8) is 0 Å². The standard InChI is InChI=1S/C24H32N6.CH4/c1-16(2)29-13-7-8-19(15-29)22-25-17(3)21-23(26-22)30(28-27-21)14-18-9-11-20(12-10-18)24(4,5)6;/h9-12,19H,1,7-8,13-15H2,2-6H3;1H4. The predicted molar refractivity (Wildman–Crippen MR) is 127 cm³/mol. The van der Waals surface area contributed by atoms with Crippen molar-refractivity contribution < 1.29 is 0 Å². The maximum Gasteiger partial charge on any atom is 0.182 e. The van der Waals surface area contributed by atoms with Crippen molar-refractivity contribution in [2.45, 2.75) is 72.8 Å². The highest BCUT2D eigenvalue weighted by atomic mass is 15.4. The predicted octanol–water partition coefficient (Wildman–Crippen LogP) is 5.22. The van der Waals surface area contributed by atoms with Gasteiger partial charge in [-0.3, -0.25) is 0 Å². The van der Waals surface area contributed by atoms with Crippen molar-refractivity contribution in [3.8, 4) is 0 Å². The number of likely N-dealkylation sites (tertiary alicyclic amines) is 1. The summed E-state index contributed by atoms with van der Waals surface area (Å²) in [6.07, 6.45) is 2.24. The Morgan fingerprint density at radius 2 is 1.87 bits per heavy atom. The third kappa shape index (κ3) is 4.78. The van der Waals surface area contributed by atoms with Crippen LogP contribution in [-0.2, 0) is 12.0 Å². The first-order chi connectivity index (χ1) is 14.2. The fourth-order valence-electron chi connectivity index (χ4n) is 4.12. The van der Waals surface area contributed by atoms with Crippen molar-refractivity contribution >= 4 is 11.2 Å². The molecule has 6 heteroatoms. The van der Waals surface area contributed by atoms with Gasteiger partial charge in [-0.1, -0.05) is 64.3 Å². The molecule has 166 valence electrons. The van der Waals surface area contributed by atoms with Gasteiger partial charge in [0.1, 0.15) is 5.82 Å². The molecule has 1 saturated heterocycles. The molecule has 1 aromatic carbocycles. The molecule has 1 aliphatic rings. The van der Waals surface area contributed by atoms with E-state index < -0.39 is 0 Å². The Bertz CT molecular complexity index is 1060. The average molecular weight is 421 g/mol. The molecular weight excluding hydrogens is 384 g/mol. The SMILES string of the molecule is C.C=C(C)N1CCCC(c2nc(C)c3nnn(Cc4ccc(C(C)(C)C)cc4)c3n2)C1. The summed E-state index contributed by atoms with van der Waals surface area (Å²) in [6.45, 7) is 17.5. The van der Waals surface area contributed by atoms with Gasteiger partial charge in [0.2, 0.25) is 0 Å². The Morgan fingerprint density at radius 1 is 1.16 bits per heavy atom. The minimum Gasteiger partial charge on any atom is -0.375 e. The molecular formula is C25H36N6. The molecule has 0 saturated carbocycles. The Balaban J connectivity index is 0.00000272. The number of nitrogens with zero attached hydrogens (tertiary/aromatic N) is 6. The summed E-state index contributed by atoms with van der Waals surface area (Å²) in [4.78, 5) is 12.1. The zero-order chi connectivity index (χ0) is 21.5. The maximum atomic E-state index is 4.94. The molecule has 31 heavy (non-hydrogen) atoms. The summed E-state index contributed by atoms with van der Waals surface area (Å²) in [6, 6.07) is 8.76. The Morgan fingerprint density at radius 3 is 2.52 bits per heavy atom. The zero-order valence-corrected chi connectivity index (χ0v) is 18.8. The van der Waals surface area contributed by atoms with Gasteiger partial charge in [-0.15, -0.1) is 5.10 Å². The fraction of sp³-hybridized carbons (Fsp3) is 0.520. The average Bonchev–Trinajstić information content (AvgIpc) is 3.11. The molecule has 4 rings (SSSR count). The van der Waals surface area contributed by atoms with Gasteiger partial charge in [-0.25, -0.2) is 14.6 Å². The van der Waals surface area contributed by atoms with Crippen LogP contribution in [0, 0.1) is 6.92 Å².